The van der Waals surface area contributed by atoms with Gasteiger partial charge >= 0.3 is 0 Å². The van der Waals surface area contributed by atoms with Gasteiger partial charge in [-0.05, 0) is 36.1 Å². The van der Waals surface area contributed by atoms with Crippen LogP contribution in [-0.2, 0) is 0 Å². The number of hydrogen-bond acceptors (Lipinski definition) is 6. The molecule has 2 N–H and O–H groups in total. The van der Waals surface area contributed by atoms with Crippen molar-refractivity contribution in [3.63, 3.8) is 0 Å². The predicted molar refractivity (Wildman–Crippen MR) is 90.9 cm³/mol. The zero-order valence-corrected chi connectivity index (χ0v) is 13.7. The van der Waals surface area contributed by atoms with Crippen molar-refractivity contribution in [3.05, 3.63) is 47.3 Å². The minimum Gasteiger partial charge on any atom is -0.493 e. The van der Waals surface area contributed by atoms with Crippen molar-refractivity contribution in [2.24, 2.45) is 0 Å². The Bertz CT molecular complexity index is 740. The fourth-order valence-electron chi connectivity index (χ4n) is 1.95. The summed E-state index contributed by atoms with van der Waals surface area (Å²) < 4.78 is 7.24. The molecule has 22 heavy (non-hydrogen) atoms. The molecule has 0 bridgehead atoms. The number of aromatic nitrogens is 3. The van der Waals surface area contributed by atoms with Gasteiger partial charge in [0.15, 0.2) is 5.82 Å². The lowest BCUT2D eigenvalue weighted by Gasteiger charge is -2.06. The molecule has 0 aliphatic rings. The SMILES string of the molecule is Cc1cccc(OCCSc2nnc(-c3cccs3)n2N)c1. The molecule has 2 heterocycles. The maximum absolute atomic E-state index is 6.04. The Hall–Kier alpha value is -1.99. The van der Waals surface area contributed by atoms with Crippen molar-refractivity contribution in [1.29, 1.82) is 0 Å². The fourth-order valence-corrected chi connectivity index (χ4v) is 3.33. The number of nitrogen functional groups attached to an aromatic ring is 1. The van der Waals surface area contributed by atoms with Crippen LogP contribution in [0.4, 0.5) is 0 Å². The molecule has 7 heteroatoms. The Labute approximate surface area is 137 Å². The molecule has 1 aromatic carbocycles. The molecule has 0 aliphatic heterocycles. The van der Waals surface area contributed by atoms with Gasteiger partial charge in [-0.25, -0.2) is 4.68 Å². The summed E-state index contributed by atoms with van der Waals surface area (Å²) in [7, 11) is 0. The summed E-state index contributed by atoms with van der Waals surface area (Å²) in [4.78, 5) is 1.01. The first-order chi connectivity index (χ1) is 10.7. The van der Waals surface area contributed by atoms with E-state index in [1.54, 1.807) is 11.3 Å². The third-order valence-electron chi connectivity index (χ3n) is 2.98. The van der Waals surface area contributed by atoms with Gasteiger partial charge < -0.3 is 10.6 Å². The summed E-state index contributed by atoms with van der Waals surface area (Å²) in [5, 5.41) is 11.0. The van der Waals surface area contributed by atoms with Gasteiger partial charge in [0.2, 0.25) is 5.16 Å². The molecule has 114 valence electrons. The lowest BCUT2D eigenvalue weighted by Crippen LogP contribution is -2.12. The molecule has 0 unspecified atom stereocenters. The second kappa shape index (κ2) is 6.85. The van der Waals surface area contributed by atoms with Crippen molar-refractivity contribution in [2.45, 2.75) is 12.1 Å². The number of thioether (sulfide) groups is 1. The number of thiophene rings is 1. The lowest BCUT2D eigenvalue weighted by atomic mass is 10.2. The zero-order chi connectivity index (χ0) is 15.4. The molecular weight excluding hydrogens is 316 g/mol. The first kappa shape index (κ1) is 14.9. The standard InChI is InChI=1S/C15H16N4OS2/c1-11-4-2-5-12(10-11)20-7-9-22-15-18-17-14(19(15)16)13-6-3-8-21-13/h2-6,8,10H,7,9,16H2,1H3. The first-order valence-electron chi connectivity index (χ1n) is 6.80. The predicted octanol–water partition coefficient (Wildman–Crippen LogP) is 3.20. The summed E-state index contributed by atoms with van der Waals surface area (Å²) >= 11 is 3.13. The van der Waals surface area contributed by atoms with E-state index in [0.717, 1.165) is 16.4 Å². The summed E-state index contributed by atoms with van der Waals surface area (Å²) in [6, 6.07) is 12.0. The average molecular weight is 332 g/mol. The van der Waals surface area contributed by atoms with Crippen molar-refractivity contribution in [1.82, 2.24) is 14.9 Å². The van der Waals surface area contributed by atoms with Crippen LogP contribution in [0.5, 0.6) is 5.75 Å². The van der Waals surface area contributed by atoms with Gasteiger partial charge in [-0.1, -0.05) is 30.0 Å². The number of nitrogens with two attached hydrogens (primary N) is 1. The highest BCUT2D eigenvalue weighted by molar-refractivity contribution is 7.99. The second-order valence-electron chi connectivity index (χ2n) is 4.67. The number of aryl methyl sites for hydroxylation is 1. The topological polar surface area (TPSA) is 66.0 Å². The first-order valence-corrected chi connectivity index (χ1v) is 8.67. The number of nitrogens with zero attached hydrogens (tertiary/aromatic N) is 3. The smallest absolute Gasteiger partial charge is 0.210 e. The summed E-state index contributed by atoms with van der Waals surface area (Å²) in [6.45, 7) is 2.64. The molecular formula is C15H16N4OS2. The van der Waals surface area contributed by atoms with E-state index in [-0.39, 0.29) is 0 Å². The maximum atomic E-state index is 6.04. The van der Waals surface area contributed by atoms with Crippen LogP contribution in [0, 0.1) is 6.92 Å². The van der Waals surface area contributed by atoms with Crippen molar-refractivity contribution < 1.29 is 4.74 Å². The van der Waals surface area contributed by atoms with Crippen LogP contribution in [0.15, 0.2) is 46.9 Å². The van der Waals surface area contributed by atoms with E-state index >= 15 is 0 Å². The molecule has 0 atom stereocenters. The van der Waals surface area contributed by atoms with Gasteiger partial charge in [0.05, 0.1) is 11.5 Å². The number of benzene rings is 1. The lowest BCUT2D eigenvalue weighted by molar-refractivity contribution is 0.343. The highest BCUT2D eigenvalue weighted by atomic mass is 32.2. The Kier molecular flexibility index (Phi) is 4.65. The largest absolute Gasteiger partial charge is 0.493 e. The van der Waals surface area contributed by atoms with Gasteiger partial charge in [0, 0.05) is 5.75 Å². The Balaban J connectivity index is 1.54. The molecule has 0 aliphatic carbocycles. The molecule has 0 saturated heterocycles. The Morgan fingerprint density at radius 1 is 1.27 bits per heavy atom. The van der Waals surface area contributed by atoms with E-state index in [4.69, 9.17) is 10.6 Å². The fraction of sp³-hybridized carbons (Fsp3) is 0.200. The van der Waals surface area contributed by atoms with Crippen LogP contribution < -0.4 is 10.6 Å². The number of hydrogen-bond donors (Lipinski definition) is 1. The van der Waals surface area contributed by atoms with Crippen molar-refractivity contribution >= 4 is 23.1 Å². The van der Waals surface area contributed by atoms with Gasteiger partial charge in [-0.15, -0.1) is 21.5 Å². The summed E-state index contributed by atoms with van der Waals surface area (Å²) in [5.74, 6) is 8.38. The van der Waals surface area contributed by atoms with Crippen LogP contribution in [0.3, 0.4) is 0 Å². The quantitative estimate of drug-likeness (QED) is 0.426. The molecule has 0 saturated carbocycles. The Morgan fingerprint density at radius 3 is 2.95 bits per heavy atom. The normalized spacial score (nSPS) is 10.8. The minimum atomic E-state index is 0.593. The van der Waals surface area contributed by atoms with Gasteiger partial charge in [0.25, 0.3) is 0 Å². The summed E-state index contributed by atoms with van der Waals surface area (Å²) in [6.07, 6.45) is 0. The highest BCUT2D eigenvalue weighted by Gasteiger charge is 2.12. The number of rotatable bonds is 6. The highest BCUT2D eigenvalue weighted by Crippen LogP contribution is 2.25. The van der Waals surface area contributed by atoms with Crippen LogP contribution in [-0.4, -0.2) is 27.2 Å². The van der Waals surface area contributed by atoms with Crippen LogP contribution in [0.25, 0.3) is 10.7 Å². The van der Waals surface area contributed by atoms with E-state index in [2.05, 4.69) is 10.2 Å². The Morgan fingerprint density at radius 2 is 2.18 bits per heavy atom. The van der Waals surface area contributed by atoms with E-state index in [9.17, 15) is 0 Å². The molecule has 2 aromatic heterocycles. The van der Waals surface area contributed by atoms with Gasteiger partial charge in [-0.3, -0.25) is 0 Å². The molecule has 3 rings (SSSR count). The van der Waals surface area contributed by atoms with Gasteiger partial charge in [-0.2, -0.15) is 0 Å². The molecule has 5 nitrogen and oxygen atoms in total. The van der Waals surface area contributed by atoms with Crippen LogP contribution in [0.2, 0.25) is 0 Å². The number of ether oxygens (including phenoxy) is 1. The van der Waals surface area contributed by atoms with Crippen molar-refractivity contribution in [3.8, 4) is 16.5 Å². The van der Waals surface area contributed by atoms with Crippen LogP contribution in [0.1, 0.15) is 5.56 Å². The van der Waals surface area contributed by atoms with Crippen LogP contribution >= 0.6 is 23.1 Å². The zero-order valence-electron chi connectivity index (χ0n) is 12.1. The third-order valence-corrected chi connectivity index (χ3v) is 4.75. The van der Waals surface area contributed by atoms with Gasteiger partial charge in [0.1, 0.15) is 5.75 Å². The molecule has 3 aromatic rings. The monoisotopic (exact) mass is 332 g/mol. The molecule has 0 amide bonds. The van der Waals surface area contributed by atoms with Crippen molar-refractivity contribution in [2.75, 3.05) is 18.2 Å². The maximum Gasteiger partial charge on any atom is 0.210 e. The molecule has 0 radical (unpaired) electrons. The summed E-state index contributed by atoms with van der Waals surface area (Å²) in [5.41, 5.74) is 1.19. The third kappa shape index (κ3) is 3.42. The van der Waals surface area contributed by atoms with E-state index in [1.807, 2.05) is 48.7 Å². The minimum absolute atomic E-state index is 0.593. The molecule has 0 fully saturated rings. The average Bonchev–Trinajstić information content (AvgIpc) is 3.14. The van der Waals surface area contributed by atoms with E-state index < -0.39 is 0 Å². The van der Waals surface area contributed by atoms with E-state index in [1.165, 1.54) is 22.0 Å². The van der Waals surface area contributed by atoms with E-state index in [0.29, 0.717) is 17.6 Å². The second-order valence-corrected chi connectivity index (χ2v) is 6.68. The molecule has 0 spiro atoms.